The Morgan fingerprint density at radius 2 is 1.90 bits per heavy atom. The van der Waals surface area contributed by atoms with Crippen LogP contribution in [0.4, 0.5) is 0 Å². The fourth-order valence-electron chi connectivity index (χ4n) is 8.61. The normalized spacial score (nSPS) is 44.0. The number of allylic oxidation sites excluding steroid dienone is 4. The minimum absolute atomic E-state index is 0.146. The molecule has 2 heteroatoms. The Kier molecular flexibility index (Phi) is 6.12. The number of carbonyl (C=O) groups excluding carboxylic acids is 1. The van der Waals surface area contributed by atoms with E-state index in [9.17, 15) is 9.90 Å². The van der Waals surface area contributed by atoms with Crippen LogP contribution in [0.15, 0.2) is 22.8 Å². The van der Waals surface area contributed by atoms with Gasteiger partial charge in [-0.05, 0) is 113 Å². The molecule has 1 N–H and O–H groups in total. The molecule has 0 aromatic rings. The fraction of sp³-hybridized carbons (Fsp3) is 0.821. The highest BCUT2D eigenvalue weighted by Gasteiger charge is 2.57. The second-order valence-corrected chi connectivity index (χ2v) is 12.0. The second-order valence-electron chi connectivity index (χ2n) is 12.0. The average Bonchev–Trinajstić information content (AvgIpc) is 3.05. The van der Waals surface area contributed by atoms with Crippen LogP contribution in [0.1, 0.15) is 98.8 Å². The van der Waals surface area contributed by atoms with Gasteiger partial charge in [-0.25, -0.2) is 0 Å². The van der Waals surface area contributed by atoms with Gasteiger partial charge in [-0.1, -0.05) is 43.6 Å². The maximum Gasteiger partial charge on any atom is 0.125 e. The number of fused-ring (bicyclic) bond motifs is 4. The lowest BCUT2D eigenvalue weighted by atomic mass is 9.49. The van der Waals surface area contributed by atoms with Crippen molar-refractivity contribution in [3.63, 3.8) is 0 Å². The van der Waals surface area contributed by atoms with Crippen LogP contribution >= 0.6 is 0 Å². The first-order valence-electron chi connectivity index (χ1n) is 12.7. The standard InChI is InChI=1S/C28H44O2/c1-18(2)7-6-8-19(3)22-11-12-23-20-9-10-24-21(17-29)26(30)14-16-28(24,5)25(20)13-15-27(22,23)4/h7,17,19,21-24,26,30H,6,8-16H2,1-5H3/t19-,21+,22-,23+,24+,26+,27-,28+/m1/s1. The second kappa shape index (κ2) is 8.23. The minimum Gasteiger partial charge on any atom is -0.392 e. The van der Waals surface area contributed by atoms with Crippen molar-refractivity contribution in [2.24, 2.45) is 40.4 Å². The van der Waals surface area contributed by atoms with Gasteiger partial charge in [0, 0.05) is 5.92 Å². The first-order valence-corrected chi connectivity index (χ1v) is 12.7. The molecule has 2 saturated carbocycles. The molecule has 0 spiro atoms. The van der Waals surface area contributed by atoms with E-state index in [-0.39, 0.29) is 11.3 Å². The summed E-state index contributed by atoms with van der Waals surface area (Å²) in [7, 11) is 0. The van der Waals surface area contributed by atoms with E-state index in [1.165, 1.54) is 50.5 Å². The van der Waals surface area contributed by atoms with Crippen LogP contribution in [0, 0.1) is 40.4 Å². The first kappa shape index (κ1) is 22.3. The Labute approximate surface area is 184 Å². The summed E-state index contributed by atoms with van der Waals surface area (Å²) in [6, 6.07) is 0. The molecule has 0 radical (unpaired) electrons. The topological polar surface area (TPSA) is 37.3 Å². The molecular formula is C28H44O2. The number of aliphatic hydroxyl groups excluding tert-OH is 1. The highest BCUT2D eigenvalue weighted by molar-refractivity contribution is 5.57. The first-order chi connectivity index (χ1) is 14.2. The Balaban J connectivity index is 1.58. The predicted octanol–water partition coefficient (Wildman–Crippen LogP) is 6.88. The number of hydrogen-bond donors (Lipinski definition) is 1. The van der Waals surface area contributed by atoms with Gasteiger partial charge in [0.2, 0.25) is 0 Å². The van der Waals surface area contributed by atoms with Crippen molar-refractivity contribution in [2.75, 3.05) is 0 Å². The molecule has 4 rings (SSSR count). The predicted molar refractivity (Wildman–Crippen MR) is 124 cm³/mol. The van der Waals surface area contributed by atoms with Crippen molar-refractivity contribution in [3.8, 4) is 0 Å². The summed E-state index contributed by atoms with van der Waals surface area (Å²) in [5.41, 5.74) is 5.57. The van der Waals surface area contributed by atoms with E-state index < -0.39 is 6.10 Å². The van der Waals surface area contributed by atoms with Gasteiger partial charge < -0.3 is 9.90 Å². The highest BCUT2D eigenvalue weighted by atomic mass is 16.3. The van der Waals surface area contributed by atoms with E-state index in [2.05, 4.69) is 40.7 Å². The third-order valence-electron chi connectivity index (χ3n) is 10.3. The largest absolute Gasteiger partial charge is 0.392 e. The molecule has 4 aliphatic rings. The van der Waals surface area contributed by atoms with Crippen LogP contribution < -0.4 is 0 Å². The molecular weight excluding hydrogens is 368 g/mol. The zero-order valence-corrected chi connectivity index (χ0v) is 20.0. The van der Waals surface area contributed by atoms with Crippen LogP contribution in [0.5, 0.6) is 0 Å². The average molecular weight is 413 g/mol. The van der Waals surface area contributed by atoms with E-state index in [0.29, 0.717) is 11.3 Å². The molecule has 4 aliphatic carbocycles. The van der Waals surface area contributed by atoms with Crippen LogP contribution in [-0.2, 0) is 4.79 Å². The Bertz CT molecular complexity index is 729. The van der Waals surface area contributed by atoms with Crippen LogP contribution in [-0.4, -0.2) is 17.5 Å². The lowest BCUT2D eigenvalue weighted by molar-refractivity contribution is -0.123. The zero-order chi connectivity index (χ0) is 21.7. The SMILES string of the molecule is CC(C)=CCC[C@@H](C)[C@H]1CC[C@H]2C3=C(CC[C@]12C)[C@@]1(C)CC[C@H](O)[C@@H](C=O)[C@@H]1CC3. The molecule has 0 aromatic carbocycles. The summed E-state index contributed by atoms with van der Waals surface area (Å²) in [4.78, 5) is 11.8. The Morgan fingerprint density at radius 1 is 1.13 bits per heavy atom. The molecule has 0 saturated heterocycles. The van der Waals surface area contributed by atoms with Gasteiger partial charge >= 0.3 is 0 Å². The van der Waals surface area contributed by atoms with E-state index in [1.807, 2.05) is 0 Å². The molecule has 8 atom stereocenters. The van der Waals surface area contributed by atoms with Gasteiger partial charge in [0.15, 0.2) is 0 Å². The highest BCUT2D eigenvalue weighted by Crippen LogP contribution is 2.66. The van der Waals surface area contributed by atoms with E-state index in [1.54, 1.807) is 11.1 Å². The lowest BCUT2D eigenvalue weighted by Crippen LogP contribution is -2.50. The maximum atomic E-state index is 11.8. The Hall–Kier alpha value is -0.890. The number of carbonyl (C=O) groups is 1. The van der Waals surface area contributed by atoms with Crippen molar-refractivity contribution in [1.82, 2.24) is 0 Å². The molecule has 0 unspecified atom stereocenters. The summed E-state index contributed by atoms with van der Waals surface area (Å²) in [5.74, 6) is 2.61. The molecule has 2 fully saturated rings. The number of hydrogen-bond acceptors (Lipinski definition) is 2. The molecule has 168 valence electrons. The summed E-state index contributed by atoms with van der Waals surface area (Å²) < 4.78 is 0. The van der Waals surface area contributed by atoms with E-state index >= 15 is 0 Å². The Morgan fingerprint density at radius 3 is 2.60 bits per heavy atom. The maximum absolute atomic E-state index is 11.8. The van der Waals surface area contributed by atoms with Gasteiger partial charge in [0.1, 0.15) is 6.29 Å². The van der Waals surface area contributed by atoms with Crippen LogP contribution in [0.3, 0.4) is 0 Å². The summed E-state index contributed by atoms with van der Waals surface area (Å²) >= 11 is 0. The number of rotatable bonds is 5. The molecule has 0 heterocycles. The molecule has 0 amide bonds. The van der Waals surface area contributed by atoms with Crippen molar-refractivity contribution >= 4 is 6.29 Å². The lowest BCUT2D eigenvalue weighted by Gasteiger charge is -2.56. The van der Waals surface area contributed by atoms with Crippen molar-refractivity contribution < 1.29 is 9.90 Å². The third-order valence-corrected chi connectivity index (χ3v) is 10.3. The summed E-state index contributed by atoms with van der Waals surface area (Å²) in [6.45, 7) is 12.0. The quantitative estimate of drug-likeness (QED) is 0.395. The van der Waals surface area contributed by atoms with Gasteiger partial charge in [-0.3, -0.25) is 0 Å². The molecule has 0 aromatic heterocycles. The monoisotopic (exact) mass is 412 g/mol. The minimum atomic E-state index is -0.422. The van der Waals surface area contributed by atoms with Crippen LogP contribution in [0.2, 0.25) is 0 Å². The molecule has 30 heavy (non-hydrogen) atoms. The zero-order valence-electron chi connectivity index (χ0n) is 20.0. The number of aldehydes is 1. The fourth-order valence-corrected chi connectivity index (χ4v) is 8.61. The van der Waals surface area contributed by atoms with Gasteiger partial charge in [-0.2, -0.15) is 0 Å². The summed E-state index contributed by atoms with van der Waals surface area (Å²) in [6.07, 6.45) is 15.1. The molecule has 0 bridgehead atoms. The van der Waals surface area contributed by atoms with E-state index in [0.717, 1.165) is 43.3 Å². The van der Waals surface area contributed by atoms with E-state index in [4.69, 9.17) is 0 Å². The van der Waals surface area contributed by atoms with Crippen molar-refractivity contribution in [2.45, 2.75) is 105 Å². The van der Waals surface area contributed by atoms with Gasteiger partial charge in [-0.15, -0.1) is 0 Å². The number of aliphatic hydroxyl groups is 1. The van der Waals surface area contributed by atoms with Crippen molar-refractivity contribution in [3.05, 3.63) is 22.8 Å². The molecule has 0 aliphatic heterocycles. The van der Waals surface area contributed by atoms with Gasteiger partial charge in [0.05, 0.1) is 6.10 Å². The third kappa shape index (κ3) is 3.46. The van der Waals surface area contributed by atoms with Crippen LogP contribution in [0.25, 0.3) is 0 Å². The summed E-state index contributed by atoms with van der Waals surface area (Å²) in [5, 5.41) is 10.5. The van der Waals surface area contributed by atoms with Crippen molar-refractivity contribution in [1.29, 1.82) is 0 Å². The van der Waals surface area contributed by atoms with Gasteiger partial charge in [0.25, 0.3) is 0 Å². The molecule has 2 nitrogen and oxygen atoms in total. The smallest absolute Gasteiger partial charge is 0.125 e.